The molecule has 1 aliphatic rings. The maximum absolute atomic E-state index is 11.4. The summed E-state index contributed by atoms with van der Waals surface area (Å²) in [5.74, 6) is -0.402. The van der Waals surface area contributed by atoms with Crippen molar-refractivity contribution < 1.29 is 9.53 Å². The number of rotatable bonds is 6. The van der Waals surface area contributed by atoms with E-state index in [1.807, 2.05) is 6.07 Å². The Morgan fingerprint density at radius 1 is 1.52 bits per heavy atom. The maximum atomic E-state index is 11.4. The first-order chi connectivity index (χ1) is 10.2. The van der Waals surface area contributed by atoms with Gasteiger partial charge in [-0.1, -0.05) is 6.42 Å². The third kappa shape index (κ3) is 4.70. The van der Waals surface area contributed by atoms with Crippen molar-refractivity contribution in [1.82, 2.24) is 9.88 Å². The summed E-state index contributed by atoms with van der Waals surface area (Å²) in [6.07, 6.45) is 6.73. The van der Waals surface area contributed by atoms with Gasteiger partial charge in [0.2, 0.25) is 0 Å². The predicted octanol–water partition coefficient (Wildman–Crippen LogP) is 2.54. The highest BCUT2D eigenvalue weighted by Gasteiger charge is 2.17. The number of nitrogens with one attached hydrogen (secondary N) is 1. The molecule has 1 aromatic heterocycles. The van der Waals surface area contributed by atoms with Crippen LogP contribution in [-0.4, -0.2) is 48.6 Å². The monoisotopic (exact) mass is 291 g/mol. The summed E-state index contributed by atoms with van der Waals surface area (Å²) in [6, 6.07) is 4.32. The zero-order valence-corrected chi connectivity index (χ0v) is 13.0. The highest BCUT2D eigenvalue weighted by Crippen LogP contribution is 2.16. The van der Waals surface area contributed by atoms with Crippen molar-refractivity contribution in [2.24, 2.45) is 0 Å². The van der Waals surface area contributed by atoms with E-state index in [1.54, 1.807) is 12.3 Å². The molecular formula is C16H25N3O2. The molecule has 0 radical (unpaired) electrons. The fourth-order valence-electron chi connectivity index (χ4n) is 2.76. The Bertz CT molecular complexity index is 465. The third-order valence-electron chi connectivity index (χ3n) is 4.05. The molecule has 0 bridgehead atoms. The van der Waals surface area contributed by atoms with Gasteiger partial charge in [0.15, 0.2) is 0 Å². The van der Waals surface area contributed by atoms with Crippen molar-refractivity contribution in [3.63, 3.8) is 0 Å². The first-order valence-corrected chi connectivity index (χ1v) is 7.73. The minimum atomic E-state index is -0.402. The molecular weight excluding hydrogens is 266 g/mol. The third-order valence-corrected chi connectivity index (χ3v) is 4.05. The number of hydrogen-bond acceptors (Lipinski definition) is 5. The molecule has 0 amide bonds. The number of methoxy groups -OCH3 is 1. The molecule has 1 saturated heterocycles. The lowest BCUT2D eigenvalue weighted by atomic mass is 10.0. The summed E-state index contributed by atoms with van der Waals surface area (Å²) in [4.78, 5) is 18.0. The van der Waals surface area contributed by atoms with Crippen LogP contribution in [0.5, 0.6) is 0 Å². The van der Waals surface area contributed by atoms with Crippen LogP contribution in [0.3, 0.4) is 0 Å². The molecule has 1 atom stereocenters. The molecule has 2 rings (SSSR count). The van der Waals surface area contributed by atoms with E-state index in [0.29, 0.717) is 11.7 Å². The topological polar surface area (TPSA) is 54.5 Å². The van der Waals surface area contributed by atoms with Gasteiger partial charge in [0.05, 0.1) is 7.11 Å². The molecule has 0 saturated carbocycles. The van der Waals surface area contributed by atoms with Crippen LogP contribution < -0.4 is 5.32 Å². The van der Waals surface area contributed by atoms with E-state index in [-0.39, 0.29) is 0 Å². The van der Waals surface area contributed by atoms with Crippen LogP contribution in [0.4, 0.5) is 5.69 Å². The van der Waals surface area contributed by atoms with Crippen LogP contribution in [0.15, 0.2) is 18.3 Å². The molecule has 116 valence electrons. The number of ether oxygens (including phenoxy) is 1. The van der Waals surface area contributed by atoms with E-state index in [9.17, 15) is 4.79 Å². The maximum Gasteiger partial charge on any atom is 0.356 e. The second kappa shape index (κ2) is 7.98. The molecule has 1 unspecified atom stereocenters. The predicted molar refractivity (Wildman–Crippen MR) is 83.6 cm³/mol. The highest BCUT2D eigenvalue weighted by atomic mass is 16.5. The molecule has 21 heavy (non-hydrogen) atoms. The van der Waals surface area contributed by atoms with Crippen molar-refractivity contribution in [2.75, 3.05) is 32.1 Å². The number of carbonyl (C=O) groups excluding carboxylic acids is 1. The molecule has 0 aliphatic carbocycles. The fraction of sp³-hybridized carbons (Fsp3) is 0.625. The Morgan fingerprint density at radius 3 is 3.14 bits per heavy atom. The van der Waals surface area contributed by atoms with Crippen molar-refractivity contribution >= 4 is 11.7 Å². The standard InChI is InChI=1S/C16H25N3O2/c1-13-6-3-4-10-19(13)11-5-8-17-14-7-9-18-15(12-14)16(20)21-2/h7,9,12-13H,3-6,8,10-11H2,1-2H3,(H,17,18). The highest BCUT2D eigenvalue weighted by molar-refractivity contribution is 5.88. The van der Waals surface area contributed by atoms with Crippen LogP contribution in [0, 0.1) is 0 Å². The summed E-state index contributed by atoms with van der Waals surface area (Å²) in [5, 5.41) is 3.34. The van der Waals surface area contributed by atoms with Crippen LogP contribution in [0.1, 0.15) is 43.1 Å². The average Bonchev–Trinajstić information content (AvgIpc) is 2.52. The van der Waals surface area contributed by atoms with Gasteiger partial charge in [0.1, 0.15) is 5.69 Å². The lowest BCUT2D eigenvalue weighted by Crippen LogP contribution is -2.38. The molecule has 1 aliphatic heterocycles. The Balaban J connectivity index is 1.74. The van der Waals surface area contributed by atoms with E-state index in [2.05, 4.69) is 26.9 Å². The first-order valence-electron chi connectivity index (χ1n) is 7.73. The summed E-state index contributed by atoms with van der Waals surface area (Å²) in [7, 11) is 1.36. The Kier molecular flexibility index (Phi) is 5.99. The van der Waals surface area contributed by atoms with Gasteiger partial charge < -0.3 is 15.0 Å². The van der Waals surface area contributed by atoms with Gasteiger partial charge in [-0.2, -0.15) is 0 Å². The van der Waals surface area contributed by atoms with Gasteiger partial charge in [-0.15, -0.1) is 0 Å². The lowest BCUT2D eigenvalue weighted by molar-refractivity contribution is 0.0594. The van der Waals surface area contributed by atoms with Crippen LogP contribution in [-0.2, 0) is 4.74 Å². The van der Waals surface area contributed by atoms with Gasteiger partial charge in [-0.3, -0.25) is 0 Å². The van der Waals surface area contributed by atoms with E-state index in [4.69, 9.17) is 0 Å². The number of piperidine rings is 1. The van der Waals surface area contributed by atoms with Gasteiger partial charge in [0, 0.05) is 31.0 Å². The van der Waals surface area contributed by atoms with Crippen molar-refractivity contribution in [1.29, 1.82) is 0 Å². The largest absolute Gasteiger partial charge is 0.464 e. The average molecular weight is 291 g/mol. The fourth-order valence-corrected chi connectivity index (χ4v) is 2.76. The number of pyridine rings is 1. The van der Waals surface area contributed by atoms with Gasteiger partial charge >= 0.3 is 5.97 Å². The second-order valence-electron chi connectivity index (χ2n) is 5.58. The lowest BCUT2D eigenvalue weighted by Gasteiger charge is -2.33. The molecule has 2 heterocycles. The van der Waals surface area contributed by atoms with Crippen molar-refractivity contribution in [3.05, 3.63) is 24.0 Å². The summed E-state index contributed by atoms with van der Waals surface area (Å²) < 4.78 is 4.67. The Labute approximate surface area is 126 Å². The van der Waals surface area contributed by atoms with Crippen molar-refractivity contribution in [2.45, 2.75) is 38.6 Å². The smallest absolute Gasteiger partial charge is 0.356 e. The summed E-state index contributed by atoms with van der Waals surface area (Å²) in [5.41, 5.74) is 1.25. The minimum absolute atomic E-state index is 0.340. The normalized spacial score (nSPS) is 19.2. The number of carbonyl (C=O) groups is 1. The number of nitrogens with zero attached hydrogens (tertiary/aromatic N) is 2. The van der Waals surface area contributed by atoms with E-state index in [1.165, 1.54) is 32.9 Å². The van der Waals surface area contributed by atoms with Crippen LogP contribution in [0.25, 0.3) is 0 Å². The van der Waals surface area contributed by atoms with E-state index >= 15 is 0 Å². The minimum Gasteiger partial charge on any atom is -0.464 e. The first kappa shape index (κ1) is 15.8. The summed E-state index contributed by atoms with van der Waals surface area (Å²) >= 11 is 0. The zero-order chi connectivity index (χ0) is 15.1. The molecule has 1 fully saturated rings. The Hall–Kier alpha value is -1.62. The number of esters is 1. The molecule has 5 heteroatoms. The molecule has 0 aromatic carbocycles. The molecule has 1 aromatic rings. The van der Waals surface area contributed by atoms with Gasteiger partial charge in [0.25, 0.3) is 0 Å². The zero-order valence-electron chi connectivity index (χ0n) is 13.0. The molecule has 0 spiro atoms. The van der Waals surface area contributed by atoms with E-state index < -0.39 is 5.97 Å². The van der Waals surface area contributed by atoms with Gasteiger partial charge in [-0.25, -0.2) is 9.78 Å². The van der Waals surface area contributed by atoms with Crippen molar-refractivity contribution in [3.8, 4) is 0 Å². The Morgan fingerprint density at radius 2 is 2.38 bits per heavy atom. The number of hydrogen-bond donors (Lipinski definition) is 1. The van der Waals surface area contributed by atoms with E-state index in [0.717, 1.165) is 25.2 Å². The number of likely N-dealkylation sites (tertiary alicyclic amines) is 1. The summed E-state index contributed by atoms with van der Waals surface area (Å²) in [6.45, 7) is 5.57. The molecule has 5 nitrogen and oxygen atoms in total. The van der Waals surface area contributed by atoms with Crippen LogP contribution in [0.2, 0.25) is 0 Å². The van der Waals surface area contributed by atoms with Gasteiger partial charge in [-0.05, 0) is 44.9 Å². The number of aromatic nitrogens is 1. The quantitative estimate of drug-likeness (QED) is 0.645. The molecule has 1 N–H and O–H groups in total. The number of anilines is 1. The second-order valence-corrected chi connectivity index (χ2v) is 5.58. The van der Waals surface area contributed by atoms with Crippen LogP contribution >= 0.6 is 0 Å². The SMILES string of the molecule is COC(=O)c1cc(NCCCN2CCCCC2C)ccn1.